The molecular weight excluding hydrogens is 373 g/mol. The summed E-state index contributed by atoms with van der Waals surface area (Å²) in [6, 6.07) is 1.05. The molecule has 0 saturated heterocycles. The van der Waals surface area contributed by atoms with E-state index in [-0.39, 0.29) is 21.7 Å². The number of hydrogen-bond acceptors (Lipinski definition) is 4. The van der Waals surface area contributed by atoms with Crippen LogP contribution in [0.1, 0.15) is 0 Å². The number of rotatable bonds is 5. The summed E-state index contributed by atoms with van der Waals surface area (Å²) in [6.45, 7) is 0.736. The second-order valence-electron chi connectivity index (χ2n) is 4.53. The van der Waals surface area contributed by atoms with E-state index in [0.29, 0.717) is 6.54 Å². The average Bonchev–Trinajstić information content (AvgIpc) is 2.37. The standard InChI is InChI=1S/C11H16BrClFN3O2S/c1-16(2)4-5-17(3)20(18,19)8-6-7(13)9(12)11(15)10(8)14/h6H,4-5,15H2,1-3H3. The van der Waals surface area contributed by atoms with Gasteiger partial charge in [-0.2, -0.15) is 4.31 Å². The zero-order chi connectivity index (χ0) is 15.7. The van der Waals surface area contributed by atoms with Crippen molar-refractivity contribution in [1.82, 2.24) is 9.21 Å². The minimum absolute atomic E-state index is 0.0449. The SMILES string of the molecule is CN(C)CCN(C)S(=O)(=O)c1cc(Cl)c(Br)c(N)c1F. The Bertz CT molecular complexity index is 610. The van der Waals surface area contributed by atoms with Crippen LogP contribution in [0.15, 0.2) is 15.4 Å². The number of likely N-dealkylation sites (N-methyl/N-ethyl adjacent to an activating group) is 2. The van der Waals surface area contributed by atoms with Crippen LogP contribution in [0.25, 0.3) is 0 Å². The molecular formula is C11H16BrClFN3O2S. The van der Waals surface area contributed by atoms with E-state index in [0.717, 1.165) is 10.4 Å². The Morgan fingerprint density at radius 3 is 2.40 bits per heavy atom. The van der Waals surface area contributed by atoms with Crippen molar-refractivity contribution in [3.63, 3.8) is 0 Å². The number of nitrogens with two attached hydrogens (primary N) is 1. The summed E-state index contributed by atoms with van der Waals surface area (Å²) in [4.78, 5) is 1.30. The van der Waals surface area contributed by atoms with Crippen LogP contribution in [0.3, 0.4) is 0 Å². The highest BCUT2D eigenvalue weighted by Crippen LogP contribution is 2.35. The van der Waals surface area contributed by atoms with Crippen LogP contribution >= 0.6 is 27.5 Å². The van der Waals surface area contributed by atoms with Gasteiger partial charge in [0.1, 0.15) is 4.90 Å². The molecule has 0 aliphatic carbocycles. The van der Waals surface area contributed by atoms with Gasteiger partial charge in [-0.25, -0.2) is 12.8 Å². The zero-order valence-electron chi connectivity index (χ0n) is 11.3. The van der Waals surface area contributed by atoms with Crippen molar-refractivity contribution < 1.29 is 12.8 Å². The molecule has 0 aromatic heterocycles. The summed E-state index contributed by atoms with van der Waals surface area (Å²) in [6.07, 6.45) is 0. The van der Waals surface area contributed by atoms with E-state index in [4.69, 9.17) is 17.3 Å². The summed E-state index contributed by atoms with van der Waals surface area (Å²) in [5, 5.41) is 0.0449. The smallest absolute Gasteiger partial charge is 0.245 e. The van der Waals surface area contributed by atoms with Gasteiger partial charge in [-0.15, -0.1) is 0 Å². The van der Waals surface area contributed by atoms with Gasteiger partial charge in [0.05, 0.1) is 15.2 Å². The molecule has 5 nitrogen and oxygen atoms in total. The fourth-order valence-electron chi connectivity index (χ4n) is 1.42. The highest BCUT2D eigenvalue weighted by Gasteiger charge is 2.27. The quantitative estimate of drug-likeness (QED) is 0.619. The Balaban J connectivity index is 3.23. The summed E-state index contributed by atoms with van der Waals surface area (Å²) in [5.74, 6) is -1.00. The van der Waals surface area contributed by atoms with Crippen molar-refractivity contribution in [3.05, 3.63) is 21.4 Å². The molecule has 0 fully saturated rings. The lowest BCUT2D eigenvalue weighted by molar-refractivity contribution is 0.357. The van der Waals surface area contributed by atoms with E-state index in [9.17, 15) is 12.8 Å². The van der Waals surface area contributed by atoms with E-state index in [2.05, 4.69) is 15.9 Å². The van der Waals surface area contributed by atoms with Crippen molar-refractivity contribution >= 4 is 43.2 Å². The van der Waals surface area contributed by atoms with Crippen LogP contribution in [0.2, 0.25) is 5.02 Å². The number of anilines is 1. The first kappa shape index (κ1) is 17.6. The number of halogens is 3. The normalized spacial score (nSPS) is 12.4. The van der Waals surface area contributed by atoms with Crippen LogP contribution in [0.4, 0.5) is 10.1 Å². The molecule has 0 atom stereocenters. The van der Waals surface area contributed by atoms with Gasteiger partial charge in [0.2, 0.25) is 10.0 Å². The van der Waals surface area contributed by atoms with Gasteiger partial charge in [0.15, 0.2) is 5.82 Å². The lowest BCUT2D eigenvalue weighted by Gasteiger charge is -2.20. The Kier molecular flexibility index (Phi) is 5.79. The highest BCUT2D eigenvalue weighted by molar-refractivity contribution is 9.10. The van der Waals surface area contributed by atoms with Gasteiger partial charge in [-0.3, -0.25) is 0 Å². The molecule has 114 valence electrons. The van der Waals surface area contributed by atoms with Gasteiger partial charge in [0.25, 0.3) is 0 Å². The largest absolute Gasteiger partial charge is 0.395 e. The predicted octanol–water partition coefficient (Wildman–Crippen LogP) is 2.01. The van der Waals surface area contributed by atoms with E-state index in [1.165, 1.54) is 7.05 Å². The third-order valence-electron chi connectivity index (χ3n) is 2.71. The maximum absolute atomic E-state index is 14.1. The minimum atomic E-state index is -3.98. The van der Waals surface area contributed by atoms with Crippen molar-refractivity contribution in [1.29, 1.82) is 0 Å². The summed E-state index contributed by atoms with van der Waals surface area (Å²) in [5.41, 5.74) is 5.18. The molecule has 2 N–H and O–H groups in total. The molecule has 0 bridgehead atoms. The molecule has 0 spiro atoms. The molecule has 0 aliphatic heterocycles. The van der Waals surface area contributed by atoms with Crippen molar-refractivity contribution in [2.24, 2.45) is 0 Å². The molecule has 1 aromatic rings. The van der Waals surface area contributed by atoms with E-state index >= 15 is 0 Å². The first-order valence-electron chi connectivity index (χ1n) is 5.63. The summed E-state index contributed by atoms with van der Waals surface area (Å²) >= 11 is 8.85. The van der Waals surface area contributed by atoms with Crippen LogP contribution in [-0.2, 0) is 10.0 Å². The van der Waals surface area contributed by atoms with Gasteiger partial charge in [-0.1, -0.05) is 11.6 Å². The first-order valence-corrected chi connectivity index (χ1v) is 8.24. The predicted molar refractivity (Wildman–Crippen MR) is 81.9 cm³/mol. The zero-order valence-corrected chi connectivity index (χ0v) is 14.5. The second kappa shape index (κ2) is 6.57. The Labute approximate surface area is 131 Å². The van der Waals surface area contributed by atoms with E-state index in [1.807, 2.05) is 19.0 Å². The molecule has 20 heavy (non-hydrogen) atoms. The molecule has 0 unspecified atom stereocenters. The van der Waals surface area contributed by atoms with Crippen LogP contribution in [0, 0.1) is 5.82 Å². The summed E-state index contributed by atoms with van der Waals surface area (Å²) < 4.78 is 39.9. The monoisotopic (exact) mass is 387 g/mol. The van der Waals surface area contributed by atoms with Gasteiger partial charge in [0, 0.05) is 20.1 Å². The number of nitrogen functional groups attached to an aromatic ring is 1. The first-order chi connectivity index (χ1) is 9.09. The number of benzene rings is 1. The Morgan fingerprint density at radius 1 is 1.35 bits per heavy atom. The molecule has 0 heterocycles. The molecule has 0 aliphatic rings. The molecule has 1 rings (SSSR count). The lowest BCUT2D eigenvalue weighted by atomic mass is 10.3. The van der Waals surface area contributed by atoms with Crippen molar-refractivity contribution in [3.8, 4) is 0 Å². The highest BCUT2D eigenvalue weighted by atomic mass is 79.9. The third-order valence-corrected chi connectivity index (χ3v) is 5.94. The van der Waals surface area contributed by atoms with Crippen molar-refractivity contribution in [2.45, 2.75) is 4.90 Å². The fraction of sp³-hybridized carbons (Fsp3) is 0.455. The number of hydrogen-bond donors (Lipinski definition) is 1. The number of nitrogens with zero attached hydrogens (tertiary/aromatic N) is 2. The van der Waals surface area contributed by atoms with E-state index in [1.54, 1.807) is 0 Å². The lowest BCUT2D eigenvalue weighted by Crippen LogP contribution is -2.34. The van der Waals surface area contributed by atoms with Crippen molar-refractivity contribution in [2.75, 3.05) is 40.0 Å². The van der Waals surface area contributed by atoms with Crippen LogP contribution < -0.4 is 5.73 Å². The van der Waals surface area contributed by atoms with Crippen LogP contribution in [-0.4, -0.2) is 51.9 Å². The Hall–Kier alpha value is -0.410. The Morgan fingerprint density at radius 2 is 1.90 bits per heavy atom. The molecule has 9 heteroatoms. The van der Waals surface area contributed by atoms with Gasteiger partial charge >= 0.3 is 0 Å². The molecule has 1 aromatic carbocycles. The van der Waals surface area contributed by atoms with Gasteiger partial charge in [-0.05, 0) is 36.1 Å². The average molecular weight is 389 g/mol. The summed E-state index contributed by atoms with van der Waals surface area (Å²) in [7, 11) is 1.03. The maximum atomic E-state index is 14.1. The second-order valence-corrected chi connectivity index (χ2v) is 7.74. The van der Waals surface area contributed by atoms with E-state index < -0.39 is 20.7 Å². The fourth-order valence-corrected chi connectivity index (χ4v) is 3.24. The molecule has 0 saturated carbocycles. The number of sulfonamides is 1. The minimum Gasteiger partial charge on any atom is -0.395 e. The van der Waals surface area contributed by atoms with Gasteiger partial charge < -0.3 is 10.6 Å². The van der Waals surface area contributed by atoms with Crippen LogP contribution in [0.5, 0.6) is 0 Å². The third kappa shape index (κ3) is 3.62. The topological polar surface area (TPSA) is 66.6 Å². The maximum Gasteiger partial charge on any atom is 0.245 e. The molecule has 0 amide bonds. The molecule has 0 radical (unpaired) electrons.